The van der Waals surface area contributed by atoms with Crippen molar-refractivity contribution in [2.24, 2.45) is 0 Å². The maximum atomic E-state index is 10.4. The highest BCUT2D eigenvalue weighted by molar-refractivity contribution is 5.20. The van der Waals surface area contributed by atoms with E-state index in [2.05, 4.69) is 31.4 Å². The number of aromatic nitrogens is 1. The van der Waals surface area contributed by atoms with Gasteiger partial charge in [-0.05, 0) is 30.5 Å². The van der Waals surface area contributed by atoms with Crippen LogP contribution in [0.5, 0.6) is 0 Å². The monoisotopic (exact) mass is 243 g/mol. The highest BCUT2D eigenvalue weighted by Crippen LogP contribution is 2.29. The highest BCUT2D eigenvalue weighted by Gasteiger charge is 2.20. The lowest BCUT2D eigenvalue weighted by atomic mass is 10.0. The summed E-state index contributed by atoms with van der Waals surface area (Å²) in [6, 6.07) is 14.0. The molecule has 1 aromatic heterocycles. The van der Waals surface area contributed by atoms with Gasteiger partial charge in [0, 0.05) is 11.9 Å². The van der Waals surface area contributed by atoms with Crippen molar-refractivity contribution < 1.29 is 5.11 Å². The van der Waals surface area contributed by atoms with E-state index in [1.165, 1.54) is 5.69 Å². The Morgan fingerprint density at radius 2 is 1.61 bits per heavy atom. The zero-order valence-electron chi connectivity index (χ0n) is 11.2. The van der Waals surface area contributed by atoms with Crippen molar-refractivity contribution in [1.82, 2.24) is 4.57 Å². The van der Waals surface area contributed by atoms with Crippen LogP contribution in [0, 0.1) is 0 Å². The molecule has 1 unspecified atom stereocenters. The van der Waals surface area contributed by atoms with Gasteiger partial charge in [0.2, 0.25) is 0 Å². The van der Waals surface area contributed by atoms with Gasteiger partial charge in [-0.3, -0.25) is 0 Å². The van der Waals surface area contributed by atoms with Crippen LogP contribution >= 0.6 is 0 Å². The SMILES string of the molecule is CC(C)c1cccn1[C@@H](C)C(O)c1ccccc1. The van der Waals surface area contributed by atoms with Crippen LogP contribution in [0.25, 0.3) is 0 Å². The second kappa shape index (κ2) is 5.40. The van der Waals surface area contributed by atoms with E-state index in [0.29, 0.717) is 5.92 Å². The summed E-state index contributed by atoms with van der Waals surface area (Å²) in [4.78, 5) is 0. The Balaban J connectivity index is 2.26. The van der Waals surface area contributed by atoms with Gasteiger partial charge in [-0.2, -0.15) is 0 Å². The molecule has 0 aliphatic carbocycles. The minimum atomic E-state index is -0.476. The molecule has 2 atom stereocenters. The Labute approximate surface area is 109 Å². The summed E-state index contributed by atoms with van der Waals surface area (Å²) in [6.45, 7) is 6.41. The number of aliphatic hydroxyl groups is 1. The van der Waals surface area contributed by atoms with Crippen LogP contribution < -0.4 is 0 Å². The Bertz CT molecular complexity index is 487. The molecule has 0 saturated carbocycles. The zero-order valence-corrected chi connectivity index (χ0v) is 11.2. The molecule has 0 spiro atoms. The molecule has 0 aliphatic rings. The van der Waals surface area contributed by atoms with Gasteiger partial charge in [0.1, 0.15) is 0 Å². The van der Waals surface area contributed by atoms with E-state index in [9.17, 15) is 5.11 Å². The molecule has 1 aromatic carbocycles. The maximum Gasteiger partial charge on any atom is 0.0994 e. The molecule has 0 aliphatic heterocycles. The first-order valence-corrected chi connectivity index (χ1v) is 6.51. The van der Waals surface area contributed by atoms with E-state index in [4.69, 9.17) is 0 Å². The molecule has 0 bridgehead atoms. The van der Waals surface area contributed by atoms with Crippen LogP contribution in [-0.4, -0.2) is 9.67 Å². The van der Waals surface area contributed by atoms with Crippen molar-refractivity contribution in [3.63, 3.8) is 0 Å². The summed E-state index contributed by atoms with van der Waals surface area (Å²) in [5.74, 6) is 0.463. The number of nitrogens with zero attached hydrogens (tertiary/aromatic N) is 1. The second-order valence-electron chi connectivity index (χ2n) is 5.09. The van der Waals surface area contributed by atoms with Crippen molar-refractivity contribution in [2.45, 2.75) is 38.8 Å². The van der Waals surface area contributed by atoms with Crippen LogP contribution in [0.3, 0.4) is 0 Å². The normalized spacial score (nSPS) is 14.7. The molecule has 0 radical (unpaired) electrons. The van der Waals surface area contributed by atoms with Gasteiger partial charge in [-0.1, -0.05) is 44.2 Å². The van der Waals surface area contributed by atoms with Gasteiger partial charge < -0.3 is 9.67 Å². The van der Waals surface area contributed by atoms with Gasteiger partial charge in [-0.15, -0.1) is 0 Å². The molecular formula is C16H21NO. The minimum absolute atomic E-state index is 0.0415. The summed E-state index contributed by atoms with van der Waals surface area (Å²) in [6.07, 6.45) is 1.57. The molecule has 0 amide bonds. The molecule has 2 heteroatoms. The van der Waals surface area contributed by atoms with Crippen LogP contribution in [0.4, 0.5) is 0 Å². The van der Waals surface area contributed by atoms with E-state index < -0.39 is 6.10 Å². The van der Waals surface area contributed by atoms with Gasteiger partial charge in [0.25, 0.3) is 0 Å². The summed E-state index contributed by atoms with van der Waals surface area (Å²) in [5, 5.41) is 10.4. The third-order valence-corrected chi connectivity index (χ3v) is 3.44. The fraction of sp³-hybridized carbons (Fsp3) is 0.375. The molecule has 96 valence electrons. The van der Waals surface area contributed by atoms with Gasteiger partial charge in [0.15, 0.2) is 0 Å². The number of aliphatic hydroxyl groups excluding tert-OH is 1. The van der Waals surface area contributed by atoms with Crippen LogP contribution in [0.2, 0.25) is 0 Å². The largest absolute Gasteiger partial charge is 0.386 e. The minimum Gasteiger partial charge on any atom is -0.386 e. The first-order valence-electron chi connectivity index (χ1n) is 6.51. The standard InChI is InChI=1S/C16H21NO/c1-12(2)15-10-7-11-17(15)13(3)16(18)14-8-5-4-6-9-14/h4-13,16,18H,1-3H3/t13-,16?/m0/s1. The number of rotatable bonds is 4. The predicted molar refractivity (Wildman–Crippen MR) is 74.6 cm³/mol. The smallest absolute Gasteiger partial charge is 0.0994 e. The van der Waals surface area contributed by atoms with Crippen molar-refractivity contribution in [3.05, 3.63) is 59.9 Å². The molecule has 2 aromatic rings. The average molecular weight is 243 g/mol. The van der Waals surface area contributed by atoms with Gasteiger partial charge in [-0.25, -0.2) is 0 Å². The van der Waals surface area contributed by atoms with E-state index in [1.807, 2.05) is 42.6 Å². The Kier molecular flexibility index (Phi) is 3.87. The number of benzene rings is 1. The van der Waals surface area contributed by atoms with Crippen LogP contribution in [-0.2, 0) is 0 Å². The molecule has 2 rings (SSSR count). The molecule has 18 heavy (non-hydrogen) atoms. The number of hydrogen-bond donors (Lipinski definition) is 1. The van der Waals surface area contributed by atoms with Gasteiger partial charge in [0.05, 0.1) is 12.1 Å². The molecule has 1 N–H and O–H groups in total. The highest BCUT2D eigenvalue weighted by atomic mass is 16.3. The van der Waals surface area contributed by atoms with E-state index in [-0.39, 0.29) is 6.04 Å². The third kappa shape index (κ3) is 2.49. The fourth-order valence-electron chi connectivity index (χ4n) is 2.35. The van der Waals surface area contributed by atoms with E-state index in [0.717, 1.165) is 5.56 Å². The van der Waals surface area contributed by atoms with Crippen molar-refractivity contribution >= 4 is 0 Å². The zero-order chi connectivity index (χ0) is 13.1. The Hall–Kier alpha value is -1.54. The molecule has 2 nitrogen and oxygen atoms in total. The Morgan fingerprint density at radius 3 is 2.22 bits per heavy atom. The fourth-order valence-corrected chi connectivity index (χ4v) is 2.35. The van der Waals surface area contributed by atoms with E-state index >= 15 is 0 Å². The molecule has 0 fully saturated rings. The van der Waals surface area contributed by atoms with Crippen LogP contribution in [0.1, 0.15) is 50.1 Å². The topological polar surface area (TPSA) is 25.2 Å². The number of hydrogen-bond acceptors (Lipinski definition) is 1. The quantitative estimate of drug-likeness (QED) is 0.865. The predicted octanol–water partition coefficient (Wildman–Crippen LogP) is 3.91. The average Bonchev–Trinajstić information content (AvgIpc) is 2.87. The van der Waals surface area contributed by atoms with Crippen molar-refractivity contribution in [2.75, 3.05) is 0 Å². The molecule has 0 saturated heterocycles. The Morgan fingerprint density at radius 1 is 0.944 bits per heavy atom. The van der Waals surface area contributed by atoms with Crippen molar-refractivity contribution in [3.8, 4) is 0 Å². The lowest BCUT2D eigenvalue weighted by Crippen LogP contribution is -2.16. The first kappa shape index (κ1) is 12.9. The maximum absolute atomic E-state index is 10.4. The van der Waals surface area contributed by atoms with Crippen LogP contribution in [0.15, 0.2) is 48.7 Å². The summed E-state index contributed by atoms with van der Waals surface area (Å²) < 4.78 is 2.17. The third-order valence-electron chi connectivity index (χ3n) is 3.44. The van der Waals surface area contributed by atoms with Gasteiger partial charge >= 0.3 is 0 Å². The first-order chi connectivity index (χ1) is 8.61. The molecule has 1 heterocycles. The lowest BCUT2D eigenvalue weighted by Gasteiger charge is -2.24. The second-order valence-corrected chi connectivity index (χ2v) is 5.09. The van der Waals surface area contributed by atoms with Crippen molar-refractivity contribution in [1.29, 1.82) is 0 Å². The lowest BCUT2D eigenvalue weighted by molar-refractivity contribution is 0.120. The summed E-state index contributed by atoms with van der Waals surface area (Å²) in [7, 11) is 0. The molecular weight excluding hydrogens is 222 g/mol. The van der Waals surface area contributed by atoms with E-state index in [1.54, 1.807) is 0 Å². The summed E-state index contributed by atoms with van der Waals surface area (Å²) in [5.41, 5.74) is 2.23. The summed E-state index contributed by atoms with van der Waals surface area (Å²) >= 11 is 0.